The fraction of sp³-hybridized carbons (Fsp3) is 0.826. The van der Waals surface area contributed by atoms with Gasteiger partial charge in [0.05, 0.1) is 13.2 Å². The van der Waals surface area contributed by atoms with E-state index >= 15 is 0 Å². The summed E-state index contributed by atoms with van der Waals surface area (Å²) in [7, 11) is -4.39. The molecule has 0 aliphatic carbocycles. The van der Waals surface area contributed by atoms with Crippen molar-refractivity contribution in [3.8, 4) is 0 Å². The normalized spacial score (nSPS) is 13.3. The highest BCUT2D eigenvalue weighted by atomic mass is 31.2. The van der Waals surface area contributed by atoms with E-state index in [-0.39, 0.29) is 38.6 Å². The lowest BCUT2D eigenvalue weighted by Crippen LogP contribution is -2.29. The van der Waals surface area contributed by atoms with Crippen LogP contribution in [0.15, 0.2) is 60.8 Å². The van der Waals surface area contributed by atoms with E-state index in [1.54, 1.807) is 0 Å². The van der Waals surface area contributed by atoms with E-state index in [1.807, 2.05) is 0 Å². The summed E-state index contributed by atoms with van der Waals surface area (Å²) >= 11 is 0. The summed E-state index contributed by atoms with van der Waals surface area (Å²) in [5.74, 6) is -0.813. The second kappa shape index (κ2) is 64.9. The Labute approximate surface area is 489 Å². The van der Waals surface area contributed by atoms with Gasteiger partial charge in [0.1, 0.15) is 6.61 Å². The van der Waals surface area contributed by atoms with Crippen molar-refractivity contribution >= 4 is 19.8 Å². The molecule has 0 saturated heterocycles. The number of hydrogen-bond acceptors (Lipinski definition) is 8. The van der Waals surface area contributed by atoms with Crippen LogP contribution in [0.4, 0.5) is 0 Å². The molecular weight excluding hydrogens is 1000 g/mol. The largest absolute Gasteiger partial charge is 0.472 e. The highest BCUT2D eigenvalue weighted by molar-refractivity contribution is 7.47. The molecule has 9 nitrogen and oxygen atoms in total. The summed E-state index contributed by atoms with van der Waals surface area (Å²) in [4.78, 5) is 35.3. The van der Waals surface area contributed by atoms with E-state index in [0.717, 1.165) is 57.8 Å². The van der Waals surface area contributed by atoms with Gasteiger partial charge in [-0.1, -0.05) is 306 Å². The molecular formula is C69H128NO8P. The van der Waals surface area contributed by atoms with Crippen LogP contribution < -0.4 is 5.73 Å². The van der Waals surface area contributed by atoms with Crippen LogP contribution in [-0.2, 0) is 32.7 Å². The van der Waals surface area contributed by atoms with E-state index in [9.17, 15) is 19.0 Å². The van der Waals surface area contributed by atoms with E-state index in [4.69, 9.17) is 24.3 Å². The minimum atomic E-state index is -4.39. The Morgan fingerprint density at radius 3 is 1.05 bits per heavy atom. The van der Waals surface area contributed by atoms with Gasteiger partial charge < -0.3 is 20.1 Å². The number of hydrogen-bond donors (Lipinski definition) is 2. The van der Waals surface area contributed by atoms with Gasteiger partial charge in [-0.25, -0.2) is 4.57 Å². The summed E-state index contributed by atoms with van der Waals surface area (Å²) < 4.78 is 33.1. The maximum Gasteiger partial charge on any atom is 0.472 e. The molecule has 0 rings (SSSR count). The van der Waals surface area contributed by atoms with E-state index in [1.165, 1.54) is 244 Å². The Balaban J connectivity index is 3.81. The van der Waals surface area contributed by atoms with Crippen molar-refractivity contribution in [2.24, 2.45) is 5.73 Å². The van der Waals surface area contributed by atoms with Crippen molar-refractivity contribution < 1.29 is 37.6 Å². The van der Waals surface area contributed by atoms with Crippen molar-refractivity contribution in [1.29, 1.82) is 0 Å². The van der Waals surface area contributed by atoms with Gasteiger partial charge in [-0.05, 0) is 77.0 Å². The Bertz CT molecular complexity index is 1480. The lowest BCUT2D eigenvalue weighted by molar-refractivity contribution is -0.161. The average Bonchev–Trinajstić information content (AvgIpc) is 3.44. The second-order valence-electron chi connectivity index (χ2n) is 22.7. The fourth-order valence-corrected chi connectivity index (χ4v) is 10.7. The monoisotopic (exact) mass is 1130 g/mol. The van der Waals surface area contributed by atoms with Crippen molar-refractivity contribution in [2.75, 3.05) is 26.4 Å². The highest BCUT2D eigenvalue weighted by Crippen LogP contribution is 2.43. The lowest BCUT2D eigenvalue weighted by Gasteiger charge is -2.19. The SMILES string of the molecule is CC/C=C\C/C=C\C/C=C\C/C=C\CCCCCCCCCCCCCCCCCCCCCCCCCCC(=O)OC(COC(=O)CCCCCCCCCCC/C=C\CCCCCCCCCC)COP(=O)(O)OCCN. The number of rotatable bonds is 64. The predicted molar refractivity (Wildman–Crippen MR) is 340 cm³/mol. The number of nitrogens with two attached hydrogens (primary N) is 1. The summed E-state index contributed by atoms with van der Waals surface area (Å²) in [6.07, 6.45) is 83.2. The van der Waals surface area contributed by atoms with Crippen molar-refractivity contribution in [2.45, 2.75) is 341 Å². The van der Waals surface area contributed by atoms with Crippen molar-refractivity contribution in [1.82, 2.24) is 0 Å². The fourth-order valence-electron chi connectivity index (χ4n) is 9.92. The standard InChI is InChI=1S/C69H128NO8P/c1-3-5-7-9-11-13-15-17-19-21-23-25-26-27-28-29-30-31-32-33-34-35-36-37-38-39-40-42-44-46-48-50-52-54-56-58-60-62-69(72)78-67(66-77-79(73,74)76-64-63-70)65-75-68(71)61-59-57-55-53-51-49-47-45-43-41-24-22-20-18-16-14-12-10-8-6-4-2/h5,7,11,13,17,19,22-25,67H,3-4,6,8-10,12,14-16,18,20-21,26-66,70H2,1-2H3,(H,73,74)/b7-5-,13-11-,19-17-,24-22-,25-23-. The molecule has 0 aliphatic heterocycles. The molecule has 0 aromatic heterocycles. The molecule has 2 unspecified atom stereocenters. The third-order valence-electron chi connectivity index (χ3n) is 14.9. The molecule has 0 fully saturated rings. The van der Waals surface area contributed by atoms with Crippen LogP contribution in [-0.4, -0.2) is 49.3 Å². The molecule has 10 heteroatoms. The zero-order valence-corrected chi connectivity index (χ0v) is 52.8. The number of carbonyl (C=O) groups excluding carboxylic acids is 2. The Hall–Kier alpha value is -2.29. The van der Waals surface area contributed by atoms with E-state index in [0.29, 0.717) is 6.42 Å². The van der Waals surface area contributed by atoms with Crippen molar-refractivity contribution in [3.05, 3.63) is 60.8 Å². The van der Waals surface area contributed by atoms with Gasteiger partial charge in [0.25, 0.3) is 0 Å². The van der Waals surface area contributed by atoms with Gasteiger partial charge in [0.2, 0.25) is 0 Å². The summed E-state index contributed by atoms with van der Waals surface area (Å²) in [6.45, 7) is 3.68. The van der Waals surface area contributed by atoms with Gasteiger partial charge in [0.15, 0.2) is 6.10 Å². The molecule has 0 saturated carbocycles. The molecule has 0 amide bonds. The minimum absolute atomic E-state index is 0.0544. The first-order valence-corrected chi connectivity index (χ1v) is 35.3. The molecule has 0 aliphatic rings. The number of phosphoric ester groups is 1. The molecule has 0 bridgehead atoms. The van der Waals surface area contributed by atoms with Crippen LogP contribution >= 0.6 is 7.82 Å². The molecule has 462 valence electrons. The van der Waals surface area contributed by atoms with Gasteiger partial charge in [0, 0.05) is 19.4 Å². The predicted octanol–water partition coefficient (Wildman–Crippen LogP) is 21.9. The average molecular weight is 1130 g/mol. The first-order chi connectivity index (χ1) is 38.8. The van der Waals surface area contributed by atoms with Gasteiger partial charge >= 0.3 is 19.8 Å². The van der Waals surface area contributed by atoms with Crippen LogP contribution in [0.1, 0.15) is 335 Å². The van der Waals surface area contributed by atoms with Gasteiger partial charge in [-0.3, -0.25) is 18.6 Å². The third kappa shape index (κ3) is 64.7. The second-order valence-corrected chi connectivity index (χ2v) is 24.1. The smallest absolute Gasteiger partial charge is 0.462 e. The zero-order chi connectivity index (χ0) is 57.3. The minimum Gasteiger partial charge on any atom is -0.462 e. The summed E-state index contributed by atoms with van der Waals surface area (Å²) in [5.41, 5.74) is 5.40. The Morgan fingerprint density at radius 1 is 0.392 bits per heavy atom. The summed E-state index contributed by atoms with van der Waals surface area (Å²) in [5, 5.41) is 0. The van der Waals surface area contributed by atoms with E-state index < -0.39 is 26.5 Å². The molecule has 0 aromatic carbocycles. The molecule has 0 aromatic rings. The first kappa shape index (κ1) is 76.7. The topological polar surface area (TPSA) is 134 Å². The molecule has 2 atom stereocenters. The van der Waals surface area contributed by atoms with E-state index in [2.05, 4.69) is 74.6 Å². The quantitative estimate of drug-likeness (QED) is 0.0264. The van der Waals surface area contributed by atoms with Gasteiger partial charge in [-0.2, -0.15) is 0 Å². The van der Waals surface area contributed by atoms with Crippen LogP contribution in [0.2, 0.25) is 0 Å². The maximum atomic E-state index is 12.7. The van der Waals surface area contributed by atoms with Crippen LogP contribution in [0.3, 0.4) is 0 Å². The number of ether oxygens (including phenoxy) is 2. The summed E-state index contributed by atoms with van der Waals surface area (Å²) in [6, 6.07) is 0. The first-order valence-electron chi connectivity index (χ1n) is 33.8. The number of carbonyl (C=O) groups is 2. The Morgan fingerprint density at radius 2 is 0.696 bits per heavy atom. The maximum absolute atomic E-state index is 12.7. The molecule has 3 N–H and O–H groups in total. The van der Waals surface area contributed by atoms with Gasteiger partial charge in [-0.15, -0.1) is 0 Å². The number of unbranched alkanes of at least 4 members (excludes halogenated alkanes) is 41. The molecule has 0 radical (unpaired) electrons. The van der Waals surface area contributed by atoms with Crippen LogP contribution in [0.25, 0.3) is 0 Å². The van der Waals surface area contributed by atoms with Crippen molar-refractivity contribution in [3.63, 3.8) is 0 Å². The number of allylic oxidation sites excluding steroid dienone is 10. The zero-order valence-electron chi connectivity index (χ0n) is 51.9. The third-order valence-corrected chi connectivity index (χ3v) is 15.9. The van der Waals surface area contributed by atoms with Crippen LogP contribution in [0, 0.1) is 0 Å². The number of esters is 2. The highest BCUT2D eigenvalue weighted by Gasteiger charge is 2.26. The Kier molecular flexibility index (Phi) is 63.0. The van der Waals surface area contributed by atoms with Crippen LogP contribution in [0.5, 0.6) is 0 Å². The molecule has 0 heterocycles. The molecule has 79 heavy (non-hydrogen) atoms. The molecule has 0 spiro atoms. The lowest BCUT2D eigenvalue weighted by atomic mass is 10.0. The number of phosphoric acid groups is 1.